The van der Waals surface area contributed by atoms with E-state index in [0.717, 1.165) is 33.5 Å². The van der Waals surface area contributed by atoms with Gasteiger partial charge in [0.2, 0.25) is 0 Å². The molecule has 0 saturated heterocycles. The maximum absolute atomic E-state index is 5.98. The summed E-state index contributed by atoms with van der Waals surface area (Å²) >= 11 is 0. The first kappa shape index (κ1) is 15.4. The lowest BCUT2D eigenvalue weighted by molar-refractivity contribution is 0.336. The maximum atomic E-state index is 5.98. The molecule has 3 heteroatoms. The highest BCUT2D eigenvalue weighted by molar-refractivity contribution is 5.92. The summed E-state index contributed by atoms with van der Waals surface area (Å²) in [4.78, 5) is 0. The van der Waals surface area contributed by atoms with Gasteiger partial charge < -0.3 is 16.2 Å². The Hall–Kier alpha value is -2.52. The fourth-order valence-corrected chi connectivity index (χ4v) is 2.98. The lowest BCUT2D eigenvalue weighted by Gasteiger charge is -2.12. The summed E-state index contributed by atoms with van der Waals surface area (Å²) in [5, 5.41) is 2.39. The molecule has 3 aromatic rings. The van der Waals surface area contributed by atoms with Crippen LogP contribution >= 0.6 is 0 Å². The monoisotopic (exact) mass is 306 g/mol. The van der Waals surface area contributed by atoms with Gasteiger partial charge in [-0.1, -0.05) is 18.2 Å². The fourth-order valence-electron chi connectivity index (χ4n) is 2.98. The molecule has 0 amide bonds. The first-order chi connectivity index (χ1) is 11.1. The second-order valence-electron chi connectivity index (χ2n) is 5.73. The molecule has 0 bridgehead atoms. The number of hydrogen-bond acceptors (Lipinski definition) is 3. The zero-order valence-corrected chi connectivity index (χ0v) is 13.6. The molecule has 0 saturated carbocycles. The zero-order valence-electron chi connectivity index (χ0n) is 13.6. The first-order valence-corrected chi connectivity index (χ1v) is 7.88. The van der Waals surface area contributed by atoms with Gasteiger partial charge in [0, 0.05) is 17.8 Å². The third kappa shape index (κ3) is 3.01. The molecular formula is C20H22N2O. The van der Waals surface area contributed by atoms with E-state index in [1.54, 1.807) is 0 Å². The van der Waals surface area contributed by atoms with Crippen molar-refractivity contribution in [2.75, 3.05) is 12.3 Å². The molecule has 3 rings (SSSR count). The summed E-state index contributed by atoms with van der Waals surface area (Å²) in [5.74, 6) is 0.861. The summed E-state index contributed by atoms with van der Waals surface area (Å²) in [7, 11) is 0. The summed E-state index contributed by atoms with van der Waals surface area (Å²) in [5.41, 5.74) is 17.1. The third-order valence-electron chi connectivity index (χ3n) is 4.10. The summed E-state index contributed by atoms with van der Waals surface area (Å²) in [6.07, 6.45) is 0. The van der Waals surface area contributed by atoms with Crippen molar-refractivity contribution >= 4 is 16.5 Å². The Morgan fingerprint density at radius 3 is 2.43 bits per heavy atom. The number of nitrogens with two attached hydrogens (primary N) is 2. The minimum Gasteiger partial charge on any atom is -0.494 e. The van der Waals surface area contributed by atoms with Crippen LogP contribution in [-0.4, -0.2) is 6.61 Å². The van der Waals surface area contributed by atoms with Gasteiger partial charge in [0.1, 0.15) is 5.75 Å². The van der Waals surface area contributed by atoms with E-state index in [2.05, 4.69) is 37.3 Å². The topological polar surface area (TPSA) is 61.3 Å². The average Bonchev–Trinajstić information content (AvgIpc) is 2.54. The van der Waals surface area contributed by atoms with Crippen LogP contribution in [0.25, 0.3) is 21.9 Å². The molecule has 0 radical (unpaired) electrons. The van der Waals surface area contributed by atoms with Gasteiger partial charge in [-0.25, -0.2) is 0 Å². The van der Waals surface area contributed by atoms with Crippen LogP contribution in [0, 0.1) is 6.92 Å². The minimum absolute atomic E-state index is 0.461. The van der Waals surface area contributed by atoms with Crippen molar-refractivity contribution in [2.24, 2.45) is 5.73 Å². The Kier molecular flexibility index (Phi) is 4.22. The van der Waals surface area contributed by atoms with E-state index >= 15 is 0 Å². The van der Waals surface area contributed by atoms with Gasteiger partial charge in [0.05, 0.1) is 6.61 Å². The molecule has 3 nitrogen and oxygen atoms in total. The zero-order chi connectivity index (χ0) is 16.4. The van der Waals surface area contributed by atoms with Crippen molar-refractivity contribution < 1.29 is 4.74 Å². The molecule has 0 atom stereocenters. The molecule has 0 heterocycles. The van der Waals surface area contributed by atoms with Gasteiger partial charge in [-0.3, -0.25) is 0 Å². The number of hydrogen-bond donors (Lipinski definition) is 2. The van der Waals surface area contributed by atoms with E-state index in [9.17, 15) is 0 Å². The minimum atomic E-state index is 0.461. The second-order valence-corrected chi connectivity index (χ2v) is 5.73. The fraction of sp³-hybridized carbons (Fsp3) is 0.200. The van der Waals surface area contributed by atoms with Crippen LogP contribution in [0.5, 0.6) is 5.75 Å². The number of aryl methyl sites for hydroxylation is 1. The number of rotatable bonds is 4. The lowest BCUT2D eigenvalue weighted by atomic mass is 9.97. The molecule has 23 heavy (non-hydrogen) atoms. The molecule has 0 aromatic heterocycles. The normalized spacial score (nSPS) is 10.9. The Bertz CT molecular complexity index is 856. The van der Waals surface area contributed by atoms with Crippen LogP contribution in [-0.2, 0) is 6.54 Å². The van der Waals surface area contributed by atoms with Crippen LogP contribution < -0.4 is 16.2 Å². The van der Waals surface area contributed by atoms with Crippen molar-refractivity contribution in [1.29, 1.82) is 0 Å². The molecule has 118 valence electrons. The Morgan fingerprint density at radius 2 is 1.70 bits per heavy atom. The molecule has 0 aliphatic carbocycles. The molecule has 0 aliphatic heterocycles. The smallest absolute Gasteiger partial charge is 0.123 e. The van der Waals surface area contributed by atoms with Crippen molar-refractivity contribution in [3.63, 3.8) is 0 Å². The quantitative estimate of drug-likeness (QED) is 0.708. The molecule has 0 fully saturated rings. The highest BCUT2D eigenvalue weighted by Gasteiger charge is 2.07. The average molecular weight is 306 g/mol. The first-order valence-electron chi connectivity index (χ1n) is 7.88. The SMILES string of the molecule is CCOc1ccc(-c2ccc3c(C)cc(N)cc3c2)cc1CN. The maximum Gasteiger partial charge on any atom is 0.123 e. The van der Waals surface area contributed by atoms with E-state index in [1.807, 2.05) is 25.1 Å². The Morgan fingerprint density at radius 1 is 0.957 bits per heavy atom. The molecule has 0 unspecified atom stereocenters. The van der Waals surface area contributed by atoms with Gasteiger partial charge in [-0.05, 0) is 71.6 Å². The molecule has 4 N–H and O–H groups in total. The second kappa shape index (κ2) is 6.31. The lowest BCUT2D eigenvalue weighted by Crippen LogP contribution is -2.02. The summed E-state index contributed by atoms with van der Waals surface area (Å²) in [6, 6.07) is 16.7. The van der Waals surface area contributed by atoms with Crippen LogP contribution in [0.2, 0.25) is 0 Å². The number of nitrogen functional groups attached to an aromatic ring is 1. The van der Waals surface area contributed by atoms with Crippen LogP contribution in [0.3, 0.4) is 0 Å². The predicted molar refractivity (Wildman–Crippen MR) is 97.6 cm³/mol. The van der Waals surface area contributed by atoms with Crippen LogP contribution in [0.4, 0.5) is 5.69 Å². The van der Waals surface area contributed by atoms with Crippen LogP contribution in [0.1, 0.15) is 18.1 Å². The van der Waals surface area contributed by atoms with Gasteiger partial charge in [0.25, 0.3) is 0 Å². The van der Waals surface area contributed by atoms with Gasteiger partial charge in [-0.2, -0.15) is 0 Å². The van der Waals surface area contributed by atoms with Crippen molar-refractivity contribution in [3.05, 3.63) is 59.7 Å². The largest absolute Gasteiger partial charge is 0.494 e. The van der Waals surface area contributed by atoms with E-state index in [0.29, 0.717) is 13.2 Å². The number of ether oxygens (including phenoxy) is 1. The van der Waals surface area contributed by atoms with E-state index in [-0.39, 0.29) is 0 Å². The molecular weight excluding hydrogens is 284 g/mol. The van der Waals surface area contributed by atoms with Crippen molar-refractivity contribution in [1.82, 2.24) is 0 Å². The molecule has 0 spiro atoms. The van der Waals surface area contributed by atoms with Crippen molar-refractivity contribution in [3.8, 4) is 16.9 Å². The van der Waals surface area contributed by atoms with Gasteiger partial charge >= 0.3 is 0 Å². The molecule has 3 aromatic carbocycles. The number of benzene rings is 3. The van der Waals surface area contributed by atoms with E-state index in [1.165, 1.54) is 10.9 Å². The van der Waals surface area contributed by atoms with Gasteiger partial charge in [-0.15, -0.1) is 0 Å². The number of fused-ring (bicyclic) bond motifs is 1. The van der Waals surface area contributed by atoms with Gasteiger partial charge in [0.15, 0.2) is 0 Å². The summed E-state index contributed by atoms with van der Waals surface area (Å²) < 4.78 is 5.62. The van der Waals surface area contributed by atoms with Crippen molar-refractivity contribution in [2.45, 2.75) is 20.4 Å². The van der Waals surface area contributed by atoms with Crippen LogP contribution in [0.15, 0.2) is 48.5 Å². The number of anilines is 1. The Balaban J connectivity index is 2.09. The highest BCUT2D eigenvalue weighted by Crippen LogP contribution is 2.30. The third-order valence-corrected chi connectivity index (χ3v) is 4.10. The summed E-state index contributed by atoms with van der Waals surface area (Å²) in [6.45, 7) is 5.16. The Labute approximate surface area is 136 Å². The highest BCUT2D eigenvalue weighted by atomic mass is 16.5. The van der Waals surface area contributed by atoms with E-state index in [4.69, 9.17) is 16.2 Å². The molecule has 0 aliphatic rings. The standard InChI is InChI=1S/C20H22N2O/c1-3-23-20-7-5-15(10-17(20)12-21)14-4-6-19-13(2)8-18(22)11-16(19)9-14/h4-11H,3,12,21-22H2,1-2H3. The predicted octanol–water partition coefficient (Wildman–Crippen LogP) is 4.25. The van der Waals surface area contributed by atoms with E-state index < -0.39 is 0 Å².